The fourth-order valence-electron chi connectivity index (χ4n) is 2.89. The Kier molecular flexibility index (Phi) is 5.88. The molecule has 134 valence electrons. The molecule has 0 unspecified atom stereocenters. The zero-order valence-electron chi connectivity index (χ0n) is 14.6. The van der Waals surface area contributed by atoms with Crippen molar-refractivity contribution in [1.82, 2.24) is 9.88 Å². The van der Waals surface area contributed by atoms with E-state index in [0.717, 1.165) is 25.3 Å². The molecule has 1 saturated heterocycles. The second kappa shape index (κ2) is 8.31. The van der Waals surface area contributed by atoms with Crippen molar-refractivity contribution >= 4 is 22.4 Å². The molecule has 0 aliphatic carbocycles. The lowest BCUT2D eigenvalue weighted by molar-refractivity contribution is 0.102. The molecular formula is C18H23N3O3S. The van der Waals surface area contributed by atoms with Crippen LogP contribution in [0.2, 0.25) is 0 Å². The fraction of sp³-hybridized carbons (Fsp3) is 0.444. The molecule has 0 atom stereocenters. The molecule has 2 aromatic rings. The molecule has 1 aliphatic heterocycles. The molecule has 7 heteroatoms. The minimum Gasteiger partial charge on any atom is -0.497 e. The van der Waals surface area contributed by atoms with Gasteiger partial charge in [-0.2, -0.15) is 0 Å². The highest BCUT2D eigenvalue weighted by molar-refractivity contribution is 7.13. The normalized spacial score (nSPS) is 15.0. The van der Waals surface area contributed by atoms with Gasteiger partial charge in [-0.25, -0.2) is 4.98 Å². The number of methoxy groups -OCH3 is 2. The van der Waals surface area contributed by atoms with E-state index in [4.69, 9.17) is 9.47 Å². The van der Waals surface area contributed by atoms with Gasteiger partial charge in [-0.05, 0) is 38.1 Å². The van der Waals surface area contributed by atoms with E-state index < -0.39 is 0 Å². The molecule has 0 spiro atoms. The summed E-state index contributed by atoms with van der Waals surface area (Å²) in [4.78, 5) is 19.4. The first-order chi connectivity index (χ1) is 12.2. The van der Waals surface area contributed by atoms with E-state index in [1.807, 2.05) is 5.38 Å². The Morgan fingerprint density at radius 3 is 2.48 bits per heavy atom. The summed E-state index contributed by atoms with van der Waals surface area (Å²) in [6.45, 7) is 3.10. The van der Waals surface area contributed by atoms with E-state index in [1.165, 1.54) is 30.6 Å². The third-order valence-electron chi connectivity index (χ3n) is 4.22. The Labute approximate surface area is 151 Å². The number of hydrogen-bond acceptors (Lipinski definition) is 6. The summed E-state index contributed by atoms with van der Waals surface area (Å²) < 4.78 is 10.4. The number of nitrogens with zero attached hydrogens (tertiary/aromatic N) is 2. The molecule has 1 aromatic heterocycles. The Morgan fingerprint density at radius 1 is 1.16 bits per heavy atom. The van der Waals surface area contributed by atoms with Gasteiger partial charge in [0.2, 0.25) is 0 Å². The lowest BCUT2D eigenvalue weighted by Crippen LogP contribution is -2.29. The average Bonchev–Trinajstić information content (AvgIpc) is 3.08. The van der Waals surface area contributed by atoms with Gasteiger partial charge in [0.05, 0.1) is 19.9 Å². The second-order valence-electron chi connectivity index (χ2n) is 6.04. The Balaban J connectivity index is 1.65. The highest BCUT2D eigenvalue weighted by Crippen LogP contribution is 2.24. The van der Waals surface area contributed by atoms with Gasteiger partial charge in [0, 0.05) is 23.6 Å². The largest absolute Gasteiger partial charge is 0.497 e. The van der Waals surface area contributed by atoms with Crippen molar-refractivity contribution in [1.29, 1.82) is 0 Å². The quantitative estimate of drug-likeness (QED) is 0.854. The van der Waals surface area contributed by atoms with Gasteiger partial charge in [0.25, 0.3) is 5.91 Å². The SMILES string of the molecule is COc1cc(OC)cc(C(=O)Nc2nc(CN3CCCCC3)cs2)c1. The minimum atomic E-state index is -0.226. The maximum absolute atomic E-state index is 12.5. The van der Waals surface area contributed by atoms with Crippen molar-refractivity contribution in [3.63, 3.8) is 0 Å². The minimum absolute atomic E-state index is 0.226. The molecule has 1 aromatic carbocycles. The van der Waals surface area contributed by atoms with Gasteiger partial charge in [-0.1, -0.05) is 6.42 Å². The molecule has 0 radical (unpaired) electrons. The highest BCUT2D eigenvalue weighted by atomic mass is 32.1. The van der Waals surface area contributed by atoms with E-state index in [0.29, 0.717) is 22.2 Å². The first kappa shape index (κ1) is 17.7. The predicted octanol–water partition coefficient (Wildman–Crippen LogP) is 3.40. The average molecular weight is 361 g/mol. The number of rotatable bonds is 6. The van der Waals surface area contributed by atoms with Gasteiger partial charge < -0.3 is 9.47 Å². The van der Waals surface area contributed by atoms with E-state index in [-0.39, 0.29) is 5.91 Å². The lowest BCUT2D eigenvalue weighted by atomic mass is 10.1. The molecule has 1 N–H and O–H groups in total. The molecule has 2 heterocycles. The number of aromatic nitrogens is 1. The van der Waals surface area contributed by atoms with Crippen LogP contribution in [0.5, 0.6) is 11.5 Å². The Morgan fingerprint density at radius 2 is 1.84 bits per heavy atom. The summed E-state index contributed by atoms with van der Waals surface area (Å²) in [6, 6.07) is 5.09. The Bertz CT molecular complexity index is 704. The van der Waals surface area contributed by atoms with Crippen LogP contribution in [0, 0.1) is 0 Å². The number of ether oxygens (including phenoxy) is 2. The molecule has 1 aliphatic rings. The summed E-state index contributed by atoms with van der Waals surface area (Å²) in [5.74, 6) is 0.930. The van der Waals surface area contributed by atoms with Crippen molar-refractivity contribution < 1.29 is 14.3 Å². The van der Waals surface area contributed by atoms with Crippen LogP contribution in [0.3, 0.4) is 0 Å². The first-order valence-corrected chi connectivity index (χ1v) is 9.27. The number of carbonyl (C=O) groups excluding carboxylic acids is 1. The molecule has 3 rings (SSSR count). The highest BCUT2D eigenvalue weighted by Gasteiger charge is 2.15. The maximum atomic E-state index is 12.5. The van der Waals surface area contributed by atoms with E-state index in [1.54, 1.807) is 32.4 Å². The van der Waals surface area contributed by atoms with Gasteiger partial charge in [0.1, 0.15) is 11.5 Å². The van der Waals surface area contributed by atoms with Crippen LogP contribution in [0.1, 0.15) is 35.3 Å². The van der Waals surface area contributed by atoms with E-state index in [2.05, 4.69) is 15.2 Å². The van der Waals surface area contributed by atoms with Crippen LogP contribution in [0.25, 0.3) is 0 Å². The van der Waals surface area contributed by atoms with Crippen LogP contribution in [-0.4, -0.2) is 43.1 Å². The summed E-state index contributed by atoms with van der Waals surface area (Å²) in [5, 5.41) is 5.48. The molecule has 1 amide bonds. The number of hydrogen-bond donors (Lipinski definition) is 1. The van der Waals surface area contributed by atoms with Crippen LogP contribution in [-0.2, 0) is 6.54 Å². The van der Waals surface area contributed by atoms with Crippen LogP contribution < -0.4 is 14.8 Å². The molecule has 0 bridgehead atoms. The fourth-order valence-corrected chi connectivity index (χ4v) is 3.59. The number of thiazole rings is 1. The molecular weight excluding hydrogens is 338 g/mol. The van der Waals surface area contributed by atoms with Crippen molar-refractivity contribution in [3.05, 3.63) is 34.8 Å². The topological polar surface area (TPSA) is 63.7 Å². The third-order valence-corrected chi connectivity index (χ3v) is 5.03. The summed E-state index contributed by atoms with van der Waals surface area (Å²) in [7, 11) is 3.12. The van der Waals surface area contributed by atoms with Gasteiger partial charge >= 0.3 is 0 Å². The number of benzene rings is 1. The molecule has 6 nitrogen and oxygen atoms in total. The zero-order valence-corrected chi connectivity index (χ0v) is 15.4. The number of piperidine rings is 1. The van der Waals surface area contributed by atoms with Crippen molar-refractivity contribution in [2.45, 2.75) is 25.8 Å². The predicted molar refractivity (Wildman–Crippen MR) is 98.7 cm³/mol. The van der Waals surface area contributed by atoms with Gasteiger partial charge in [0.15, 0.2) is 5.13 Å². The lowest BCUT2D eigenvalue weighted by Gasteiger charge is -2.25. The third kappa shape index (κ3) is 4.70. The van der Waals surface area contributed by atoms with Crippen LogP contribution in [0.4, 0.5) is 5.13 Å². The first-order valence-electron chi connectivity index (χ1n) is 8.39. The van der Waals surface area contributed by atoms with E-state index >= 15 is 0 Å². The number of carbonyl (C=O) groups is 1. The summed E-state index contributed by atoms with van der Waals surface area (Å²) in [5.41, 5.74) is 1.48. The van der Waals surface area contributed by atoms with Crippen LogP contribution >= 0.6 is 11.3 Å². The van der Waals surface area contributed by atoms with Crippen LogP contribution in [0.15, 0.2) is 23.6 Å². The smallest absolute Gasteiger partial charge is 0.257 e. The number of amides is 1. The summed E-state index contributed by atoms with van der Waals surface area (Å²) in [6.07, 6.45) is 3.83. The summed E-state index contributed by atoms with van der Waals surface area (Å²) >= 11 is 1.45. The van der Waals surface area contributed by atoms with Gasteiger partial charge in [-0.3, -0.25) is 15.0 Å². The van der Waals surface area contributed by atoms with Crippen molar-refractivity contribution in [3.8, 4) is 11.5 Å². The number of nitrogens with one attached hydrogen (secondary N) is 1. The molecule has 0 saturated carbocycles. The zero-order chi connectivity index (χ0) is 17.6. The van der Waals surface area contributed by atoms with E-state index in [9.17, 15) is 4.79 Å². The van der Waals surface area contributed by atoms with Crippen molar-refractivity contribution in [2.75, 3.05) is 32.6 Å². The van der Waals surface area contributed by atoms with Gasteiger partial charge in [-0.15, -0.1) is 11.3 Å². The molecule has 25 heavy (non-hydrogen) atoms. The number of likely N-dealkylation sites (tertiary alicyclic amines) is 1. The standard InChI is InChI=1S/C18H23N3O3S/c1-23-15-8-13(9-16(10-15)24-2)17(22)20-18-19-14(12-25-18)11-21-6-4-3-5-7-21/h8-10,12H,3-7,11H2,1-2H3,(H,19,20,22). The molecule has 1 fully saturated rings. The second-order valence-corrected chi connectivity index (χ2v) is 6.89. The maximum Gasteiger partial charge on any atom is 0.257 e. The number of anilines is 1. The Hall–Kier alpha value is -2.12. The monoisotopic (exact) mass is 361 g/mol. The van der Waals surface area contributed by atoms with Crippen molar-refractivity contribution in [2.24, 2.45) is 0 Å².